The van der Waals surface area contributed by atoms with Crippen LogP contribution in [0.5, 0.6) is 0 Å². The molecule has 88 valence electrons. The van der Waals surface area contributed by atoms with E-state index in [1.54, 1.807) is 18.2 Å². The zero-order valence-electron chi connectivity index (χ0n) is 9.77. The van der Waals surface area contributed by atoms with Crippen molar-refractivity contribution in [2.45, 2.75) is 38.0 Å². The molecule has 1 heterocycles. The van der Waals surface area contributed by atoms with Crippen molar-refractivity contribution in [1.82, 2.24) is 0 Å². The van der Waals surface area contributed by atoms with E-state index in [0.717, 1.165) is 24.1 Å². The Morgan fingerprint density at radius 3 is 3.00 bits per heavy atom. The van der Waals surface area contributed by atoms with Gasteiger partial charge in [0.15, 0.2) is 0 Å². The Morgan fingerprint density at radius 1 is 1.41 bits per heavy atom. The third-order valence-corrected chi connectivity index (χ3v) is 4.02. The van der Waals surface area contributed by atoms with Crippen molar-refractivity contribution in [2.75, 3.05) is 0 Å². The monoisotopic (exact) mass is 230 g/mol. The largest absolute Gasteiger partial charge is 0.269 e. The Hall–Kier alpha value is -1.71. The summed E-state index contributed by atoms with van der Waals surface area (Å²) in [6.45, 7) is 2.17. The Kier molecular flexibility index (Phi) is 2.08. The normalized spacial score (nSPS) is 26.1. The summed E-state index contributed by atoms with van der Waals surface area (Å²) in [6, 6.07) is 5.03. The molecule has 1 fully saturated rings. The number of non-ortho nitro benzene ring substituents is 1. The van der Waals surface area contributed by atoms with Crippen molar-refractivity contribution in [1.29, 1.82) is 0 Å². The molecular formula is C13H14N2O2. The highest BCUT2D eigenvalue weighted by Gasteiger charge is 2.41. The lowest BCUT2D eigenvalue weighted by Gasteiger charge is -2.31. The van der Waals surface area contributed by atoms with Crippen molar-refractivity contribution in [2.24, 2.45) is 4.99 Å². The van der Waals surface area contributed by atoms with Gasteiger partial charge in [-0.05, 0) is 30.9 Å². The van der Waals surface area contributed by atoms with Crippen molar-refractivity contribution < 1.29 is 4.92 Å². The van der Waals surface area contributed by atoms with Crippen LogP contribution in [-0.4, -0.2) is 10.6 Å². The standard InChI is InChI=1S/C13H14N2O2/c1-13-7-3-2-4-12(13)14-11-6-5-9(15(16)17)8-10(11)13/h5-6,8H,2-4,7H2,1H3. The summed E-state index contributed by atoms with van der Waals surface area (Å²) in [5.74, 6) is 0. The molecule has 4 nitrogen and oxygen atoms in total. The van der Waals surface area contributed by atoms with E-state index in [9.17, 15) is 10.1 Å². The lowest BCUT2D eigenvalue weighted by atomic mass is 9.71. The second-order valence-corrected chi connectivity index (χ2v) is 5.06. The fraction of sp³-hybridized carbons (Fsp3) is 0.462. The van der Waals surface area contributed by atoms with Gasteiger partial charge in [-0.2, -0.15) is 0 Å². The minimum Gasteiger partial charge on any atom is -0.258 e. The van der Waals surface area contributed by atoms with Crippen LogP contribution in [0.25, 0.3) is 0 Å². The van der Waals surface area contributed by atoms with Crippen LogP contribution in [0, 0.1) is 10.1 Å². The minimum atomic E-state index is -0.329. The first kappa shape index (κ1) is 10.4. The second kappa shape index (κ2) is 3.39. The first-order valence-electron chi connectivity index (χ1n) is 5.98. The number of nitro groups is 1. The molecule has 0 radical (unpaired) electrons. The van der Waals surface area contributed by atoms with Crippen LogP contribution in [0.3, 0.4) is 0 Å². The van der Waals surface area contributed by atoms with Gasteiger partial charge in [-0.1, -0.05) is 13.3 Å². The molecule has 1 atom stereocenters. The maximum Gasteiger partial charge on any atom is 0.269 e. The van der Waals surface area contributed by atoms with Crippen LogP contribution in [0.1, 0.15) is 38.2 Å². The first-order chi connectivity index (χ1) is 8.11. The van der Waals surface area contributed by atoms with Gasteiger partial charge in [0.1, 0.15) is 0 Å². The average Bonchev–Trinajstić information content (AvgIpc) is 2.61. The van der Waals surface area contributed by atoms with Crippen LogP contribution in [0.2, 0.25) is 0 Å². The quantitative estimate of drug-likeness (QED) is 0.547. The van der Waals surface area contributed by atoms with Gasteiger partial charge < -0.3 is 0 Å². The van der Waals surface area contributed by atoms with Gasteiger partial charge in [0.05, 0.1) is 10.6 Å². The molecule has 4 heteroatoms. The number of nitro benzene ring substituents is 1. The topological polar surface area (TPSA) is 55.5 Å². The summed E-state index contributed by atoms with van der Waals surface area (Å²) in [4.78, 5) is 15.1. The first-order valence-corrected chi connectivity index (χ1v) is 5.98. The lowest BCUT2D eigenvalue weighted by molar-refractivity contribution is -0.384. The molecule has 0 N–H and O–H groups in total. The fourth-order valence-electron chi connectivity index (χ4n) is 2.98. The molecule has 1 unspecified atom stereocenters. The van der Waals surface area contributed by atoms with E-state index in [1.165, 1.54) is 18.6 Å². The predicted molar refractivity (Wildman–Crippen MR) is 66.0 cm³/mol. The number of hydrogen-bond acceptors (Lipinski definition) is 3. The van der Waals surface area contributed by atoms with Gasteiger partial charge in [-0.15, -0.1) is 0 Å². The third kappa shape index (κ3) is 1.40. The molecule has 1 aliphatic heterocycles. The Labute approximate surface area is 99.5 Å². The van der Waals surface area contributed by atoms with Gasteiger partial charge in [0.2, 0.25) is 0 Å². The molecule has 1 aromatic carbocycles. The van der Waals surface area contributed by atoms with Gasteiger partial charge in [0, 0.05) is 23.3 Å². The lowest BCUT2D eigenvalue weighted by Crippen LogP contribution is -2.32. The third-order valence-electron chi connectivity index (χ3n) is 4.02. The summed E-state index contributed by atoms with van der Waals surface area (Å²) in [7, 11) is 0. The summed E-state index contributed by atoms with van der Waals surface area (Å²) < 4.78 is 0. The van der Waals surface area contributed by atoms with Crippen molar-refractivity contribution in [3.8, 4) is 0 Å². The highest BCUT2D eigenvalue weighted by atomic mass is 16.6. The number of hydrogen-bond donors (Lipinski definition) is 0. The molecule has 1 aromatic rings. The minimum absolute atomic E-state index is 0.0559. The summed E-state index contributed by atoms with van der Waals surface area (Å²) in [5.41, 5.74) is 3.29. The molecule has 2 aliphatic rings. The van der Waals surface area contributed by atoms with Gasteiger partial charge in [-0.25, -0.2) is 0 Å². The molecule has 17 heavy (non-hydrogen) atoms. The van der Waals surface area contributed by atoms with Gasteiger partial charge in [-0.3, -0.25) is 15.1 Å². The fourth-order valence-corrected chi connectivity index (χ4v) is 2.98. The smallest absolute Gasteiger partial charge is 0.258 e. The average molecular weight is 230 g/mol. The number of nitrogens with zero attached hydrogens (tertiary/aromatic N) is 2. The van der Waals surface area contributed by atoms with Crippen LogP contribution < -0.4 is 0 Å². The Balaban J connectivity index is 2.14. The zero-order chi connectivity index (χ0) is 12.0. The molecule has 0 amide bonds. The second-order valence-electron chi connectivity index (χ2n) is 5.06. The van der Waals surface area contributed by atoms with Crippen LogP contribution >= 0.6 is 0 Å². The number of benzene rings is 1. The van der Waals surface area contributed by atoms with E-state index in [2.05, 4.69) is 11.9 Å². The Bertz CT molecular complexity index is 536. The summed E-state index contributed by atoms with van der Waals surface area (Å²) in [6.07, 6.45) is 4.45. The van der Waals surface area contributed by atoms with E-state index in [4.69, 9.17) is 0 Å². The van der Waals surface area contributed by atoms with Crippen LogP contribution in [-0.2, 0) is 5.41 Å². The van der Waals surface area contributed by atoms with E-state index in [-0.39, 0.29) is 16.0 Å². The number of fused-ring (bicyclic) bond motifs is 3. The van der Waals surface area contributed by atoms with Gasteiger partial charge >= 0.3 is 0 Å². The SMILES string of the molecule is CC12CCCCC1=Nc1ccc([N+](=O)[O-])cc12. The van der Waals surface area contributed by atoms with Crippen molar-refractivity contribution >= 4 is 17.1 Å². The van der Waals surface area contributed by atoms with E-state index < -0.39 is 0 Å². The molecule has 0 aromatic heterocycles. The number of aliphatic imine (C=N–C) groups is 1. The predicted octanol–water partition coefficient (Wildman–Crippen LogP) is 3.51. The zero-order valence-corrected chi connectivity index (χ0v) is 9.77. The maximum absolute atomic E-state index is 10.8. The highest BCUT2D eigenvalue weighted by molar-refractivity contribution is 6.02. The molecule has 1 saturated carbocycles. The highest BCUT2D eigenvalue weighted by Crippen LogP contribution is 2.47. The van der Waals surface area contributed by atoms with Crippen LogP contribution in [0.15, 0.2) is 23.2 Å². The maximum atomic E-state index is 10.8. The van der Waals surface area contributed by atoms with E-state index >= 15 is 0 Å². The molecule has 3 rings (SSSR count). The number of rotatable bonds is 1. The molecule has 0 bridgehead atoms. The molecule has 0 saturated heterocycles. The summed E-state index contributed by atoms with van der Waals surface area (Å²) in [5, 5.41) is 10.8. The van der Waals surface area contributed by atoms with E-state index in [0.29, 0.717) is 0 Å². The van der Waals surface area contributed by atoms with E-state index in [1.807, 2.05) is 0 Å². The van der Waals surface area contributed by atoms with Crippen molar-refractivity contribution in [3.05, 3.63) is 33.9 Å². The summed E-state index contributed by atoms with van der Waals surface area (Å²) >= 11 is 0. The van der Waals surface area contributed by atoms with Crippen LogP contribution in [0.4, 0.5) is 11.4 Å². The molecule has 1 aliphatic carbocycles. The molecule has 0 spiro atoms. The Morgan fingerprint density at radius 2 is 2.24 bits per heavy atom. The molecular weight excluding hydrogens is 216 g/mol. The van der Waals surface area contributed by atoms with Crippen molar-refractivity contribution in [3.63, 3.8) is 0 Å². The van der Waals surface area contributed by atoms with Gasteiger partial charge in [0.25, 0.3) is 5.69 Å².